The van der Waals surface area contributed by atoms with Crippen LogP contribution in [0.5, 0.6) is 0 Å². The van der Waals surface area contributed by atoms with E-state index in [2.05, 4.69) is 43.5 Å². The topological polar surface area (TPSA) is 95.9 Å². The zero-order valence-electron chi connectivity index (χ0n) is 36.7. The van der Waals surface area contributed by atoms with Gasteiger partial charge in [0.2, 0.25) is 5.91 Å². The van der Waals surface area contributed by atoms with E-state index in [1.54, 1.807) is 0 Å². The molecule has 324 valence electrons. The molecule has 55 heavy (non-hydrogen) atoms. The van der Waals surface area contributed by atoms with E-state index < -0.39 is 12.1 Å². The SMILES string of the molecule is CCCCCC/C=C\C/C=C\CCCCCCCC(=O)OCCCCCCCCCCCCCCC(=O)NC(CO)C(O)CCCCCCCCCCCC. The number of allylic oxidation sites excluding steroid dienone is 4. The summed E-state index contributed by atoms with van der Waals surface area (Å²) in [6, 6.07) is -0.552. The first kappa shape index (κ1) is 53.3. The zero-order chi connectivity index (χ0) is 40.1. The maximum absolute atomic E-state index is 12.4. The van der Waals surface area contributed by atoms with E-state index in [0.717, 1.165) is 70.6 Å². The Balaban J connectivity index is 3.46. The average Bonchev–Trinajstić information content (AvgIpc) is 3.18. The van der Waals surface area contributed by atoms with Gasteiger partial charge in [0.1, 0.15) is 0 Å². The number of hydrogen-bond acceptors (Lipinski definition) is 5. The first-order valence-corrected chi connectivity index (χ1v) is 24.1. The molecule has 6 heteroatoms. The fraction of sp³-hybridized carbons (Fsp3) is 0.878. The molecule has 0 aromatic carbocycles. The Hall–Kier alpha value is -1.66. The third-order valence-electron chi connectivity index (χ3n) is 11.0. The molecule has 6 nitrogen and oxygen atoms in total. The molecule has 0 aliphatic heterocycles. The van der Waals surface area contributed by atoms with Crippen molar-refractivity contribution in [1.29, 1.82) is 0 Å². The number of unbranched alkanes of at least 4 members (excludes halogenated alkanes) is 29. The molecule has 0 spiro atoms. The lowest BCUT2D eigenvalue weighted by Gasteiger charge is -2.22. The summed E-state index contributed by atoms with van der Waals surface area (Å²) in [6.45, 7) is 4.87. The molecule has 0 saturated carbocycles. The number of carbonyl (C=O) groups is 2. The molecule has 2 unspecified atom stereocenters. The molecule has 1 amide bonds. The Morgan fingerprint density at radius 2 is 0.909 bits per heavy atom. The van der Waals surface area contributed by atoms with Crippen molar-refractivity contribution < 1.29 is 24.5 Å². The summed E-state index contributed by atoms with van der Waals surface area (Å²) in [6.07, 6.45) is 51.3. The maximum atomic E-state index is 12.4. The predicted octanol–water partition coefficient (Wildman–Crippen LogP) is 14.0. The largest absolute Gasteiger partial charge is 0.466 e. The standard InChI is InChI=1S/C49H93NO5/c1-3-5-7-9-11-13-15-16-17-18-19-23-27-31-35-39-43-49(54)55-44-40-36-32-28-24-21-20-22-26-30-34-38-42-48(53)50-46(45-51)47(52)41-37-33-29-25-14-12-10-8-6-4-2/h13,15,17-18,46-47,51-52H,3-12,14,16,19-45H2,1-2H3,(H,50,53)/b15-13-,18-17-. The van der Waals surface area contributed by atoms with Crippen LogP contribution in [0.4, 0.5) is 0 Å². The van der Waals surface area contributed by atoms with Gasteiger partial charge in [0.05, 0.1) is 25.4 Å². The van der Waals surface area contributed by atoms with Crippen LogP contribution in [0.15, 0.2) is 24.3 Å². The smallest absolute Gasteiger partial charge is 0.305 e. The quantitative estimate of drug-likeness (QED) is 0.0325. The minimum absolute atomic E-state index is 0.0233. The molecule has 0 aromatic rings. The van der Waals surface area contributed by atoms with E-state index in [1.807, 2.05) is 0 Å². The molecule has 0 radical (unpaired) electrons. The number of carbonyl (C=O) groups excluding carboxylic acids is 2. The highest BCUT2D eigenvalue weighted by Gasteiger charge is 2.20. The van der Waals surface area contributed by atoms with Crippen LogP contribution in [0, 0.1) is 0 Å². The molecule has 0 aromatic heterocycles. The van der Waals surface area contributed by atoms with Gasteiger partial charge in [-0.25, -0.2) is 0 Å². The van der Waals surface area contributed by atoms with Crippen LogP contribution in [0.2, 0.25) is 0 Å². The summed E-state index contributed by atoms with van der Waals surface area (Å²) < 4.78 is 5.45. The van der Waals surface area contributed by atoms with Crippen LogP contribution in [-0.4, -0.2) is 47.4 Å². The lowest BCUT2D eigenvalue weighted by molar-refractivity contribution is -0.143. The number of hydrogen-bond donors (Lipinski definition) is 3. The molecule has 0 aliphatic rings. The van der Waals surface area contributed by atoms with Gasteiger partial charge in [-0.2, -0.15) is 0 Å². The number of amides is 1. The number of rotatable bonds is 44. The van der Waals surface area contributed by atoms with Gasteiger partial charge in [0.25, 0.3) is 0 Å². The van der Waals surface area contributed by atoms with Crippen molar-refractivity contribution in [3.8, 4) is 0 Å². The van der Waals surface area contributed by atoms with Crippen molar-refractivity contribution in [3.05, 3.63) is 24.3 Å². The van der Waals surface area contributed by atoms with E-state index in [-0.39, 0.29) is 18.5 Å². The van der Waals surface area contributed by atoms with Crippen molar-refractivity contribution in [3.63, 3.8) is 0 Å². The Morgan fingerprint density at radius 3 is 1.40 bits per heavy atom. The molecule has 2 atom stereocenters. The summed E-state index contributed by atoms with van der Waals surface area (Å²) in [7, 11) is 0. The number of nitrogens with one attached hydrogen (secondary N) is 1. The molecule has 0 heterocycles. The van der Waals surface area contributed by atoms with Gasteiger partial charge in [-0.1, -0.05) is 205 Å². The van der Waals surface area contributed by atoms with Crippen LogP contribution < -0.4 is 5.32 Å². The minimum Gasteiger partial charge on any atom is -0.466 e. The van der Waals surface area contributed by atoms with E-state index in [1.165, 1.54) is 148 Å². The number of ether oxygens (including phenoxy) is 1. The molecular formula is C49H93NO5. The van der Waals surface area contributed by atoms with E-state index >= 15 is 0 Å². The molecule has 0 saturated heterocycles. The van der Waals surface area contributed by atoms with E-state index in [4.69, 9.17) is 4.74 Å². The monoisotopic (exact) mass is 776 g/mol. The van der Waals surface area contributed by atoms with E-state index in [9.17, 15) is 19.8 Å². The summed E-state index contributed by atoms with van der Waals surface area (Å²) in [5, 5.41) is 23.1. The second-order valence-electron chi connectivity index (χ2n) is 16.4. The van der Waals surface area contributed by atoms with Crippen LogP contribution in [0.3, 0.4) is 0 Å². The molecule has 0 bridgehead atoms. The maximum Gasteiger partial charge on any atom is 0.305 e. The zero-order valence-corrected chi connectivity index (χ0v) is 36.7. The Kier molecular flexibility index (Phi) is 43.7. The summed E-state index contributed by atoms with van der Waals surface area (Å²) in [5.41, 5.74) is 0. The molecular weight excluding hydrogens is 683 g/mol. The fourth-order valence-electron chi connectivity index (χ4n) is 7.26. The van der Waals surface area contributed by atoms with Crippen LogP contribution in [0.1, 0.15) is 251 Å². The van der Waals surface area contributed by atoms with Crippen molar-refractivity contribution in [1.82, 2.24) is 5.32 Å². The van der Waals surface area contributed by atoms with Crippen LogP contribution in [-0.2, 0) is 14.3 Å². The first-order valence-electron chi connectivity index (χ1n) is 24.1. The van der Waals surface area contributed by atoms with E-state index in [0.29, 0.717) is 25.9 Å². The first-order chi connectivity index (χ1) is 27.0. The second kappa shape index (κ2) is 45.0. The van der Waals surface area contributed by atoms with Gasteiger partial charge in [0, 0.05) is 12.8 Å². The minimum atomic E-state index is -0.673. The third kappa shape index (κ3) is 41.8. The Labute approximate surface area is 341 Å². The van der Waals surface area contributed by atoms with Crippen molar-refractivity contribution in [2.75, 3.05) is 13.2 Å². The van der Waals surface area contributed by atoms with Crippen LogP contribution in [0.25, 0.3) is 0 Å². The van der Waals surface area contributed by atoms with Crippen LogP contribution >= 0.6 is 0 Å². The highest BCUT2D eigenvalue weighted by molar-refractivity contribution is 5.76. The highest BCUT2D eigenvalue weighted by Crippen LogP contribution is 2.15. The van der Waals surface area contributed by atoms with Gasteiger partial charge in [-0.3, -0.25) is 9.59 Å². The molecule has 3 N–H and O–H groups in total. The third-order valence-corrected chi connectivity index (χ3v) is 11.0. The number of aliphatic hydroxyl groups is 2. The number of esters is 1. The average molecular weight is 776 g/mol. The lowest BCUT2D eigenvalue weighted by atomic mass is 10.0. The van der Waals surface area contributed by atoms with Gasteiger partial charge in [-0.15, -0.1) is 0 Å². The van der Waals surface area contributed by atoms with Crippen molar-refractivity contribution in [2.45, 2.75) is 264 Å². The molecule has 0 rings (SSSR count). The summed E-state index contributed by atoms with van der Waals surface area (Å²) in [5.74, 6) is -0.0771. The molecule has 0 aliphatic carbocycles. The van der Waals surface area contributed by atoms with Gasteiger partial charge in [-0.05, 0) is 57.8 Å². The van der Waals surface area contributed by atoms with Gasteiger partial charge >= 0.3 is 5.97 Å². The summed E-state index contributed by atoms with van der Waals surface area (Å²) in [4.78, 5) is 24.4. The van der Waals surface area contributed by atoms with Crippen molar-refractivity contribution in [2.24, 2.45) is 0 Å². The predicted molar refractivity (Wildman–Crippen MR) is 236 cm³/mol. The highest BCUT2D eigenvalue weighted by atomic mass is 16.5. The second-order valence-corrected chi connectivity index (χ2v) is 16.4. The Morgan fingerprint density at radius 1 is 0.509 bits per heavy atom. The fourth-order valence-corrected chi connectivity index (χ4v) is 7.26. The molecule has 0 fully saturated rings. The summed E-state index contributed by atoms with van der Waals surface area (Å²) >= 11 is 0. The van der Waals surface area contributed by atoms with Gasteiger partial charge < -0.3 is 20.3 Å². The van der Waals surface area contributed by atoms with Crippen molar-refractivity contribution >= 4 is 11.9 Å². The normalized spacial score (nSPS) is 12.9. The lowest BCUT2D eigenvalue weighted by Crippen LogP contribution is -2.45. The van der Waals surface area contributed by atoms with Gasteiger partial charge in [0.15, 0.2) is 0 Å². The number of aliphatic hydroxyl groups excluding tert-OH is 2. The Bertz CT molecular complexity index is 858.